The van der Waals surface area contributed by atoms with E-state index in [0.29, 0.717) is 18.7 Å². The molecular formula is C21H25N3O2. The molecule has 26 heavy (non-hydrogen) atoms. The first-order valence-electron chi connectivity index (χ1n) is 9.40. The van der Waals surface area contributed by atoms with Crippen LogP contribution in [0, 0.1) is 5.41 Å². The Balaban J connectivity index is 1.48. The summed E-state index contributed by atoms with van der Waals surface area (Å²) in [7, 11) is 0. The van der Waals surface area contributed by atoms with E-state index in [1.54, 1.807) is 6.20 Å². The second-order valence-electron chi connectivity index (χ2n) is 7.65. The molecule has 2 amide bonds. The van der Waals surface area contributed by atoms with Gasteiger partial charge in [-0.1, -0.05) is 30.3 Å². The van der Waals surface area contributed by atoms with Gasteiger partial charge >= 0.3 is 0 Å². The van der Waals surface area contributed by atoms with Crippen molar-refractivity contribution in [1.82, 2.24) is 14.8 Å². The van der Waals surface area contributed by atoms with Crippen LogP contribution >= 0.6 is 0 Å². The van der Waals surface area contributed by atoms with E-state index in [0.717, 1.165) is 44.5 Å². The second kappa shape index (κ2) is 6.98. The number of amides is 2. The number of nitrogens with one attached hydrogen (secondary N) is 1. The summed E-state index contributed by atoms with van der Waals surface area (Å²) in [5, 5.41) is 0. The van der Waals surface area contributed by atoms with Gasteiger partial charge in [0, 0.05) is 44.2 Å². The van der Waals surface area contributed by atoms with Gasteiger partial charge in [0.15, 0.2) is 0 Å². The van der Waals surface area contributed by atoms with E-state index in [-0.39, 0.29) is 17.2 Å². The Hall–Kier alpha value is -2.56. The smallest absolute Gasteiger partial charge is 0.270 e. The molecule has 1 aromatic carbocycles. The van der Waals surface area contributed by atoms with Crippen molar-refractivity contribution in [3.8, 4) is 0 Å². The van der Waals surface area contributed by atoms with Gasteiger partial charge in [-0.25, -0.2) is 0 Å². The van der Waals surface area contributed by atoms with E-state index < -0.39 is 0 Å². The standard InChI is InChI=1S/C21H25N3O2/c25-19-9-11-21(16-24(19)14-17-6-2-1-3-7-17)10-5-13-23(15-21)20(26)18-8-4-12-22-18/h1-4,6-8,12,22H,5,9-11,13-16H2/t21-/m0/s1. The number of aromatic nitrogens is 1. The number of aromatic amines is 1. The molecule has 0 aliphatic carbocycles. The molecule has 2 saturated heterocycles. The van der Waals surface area contributed by atoms with Crippen LogP contribution in [0.15, 0.2) is 48.7 Å². The summed E-state index contributed by atoms with van der Waals surface area (Å²) in [5.41, 5.74) is 1.84. The fourth-order valence-electron chi connectivity index (χ4n) is 4.40. The van der Waals surface area contributed by atoms with Crippen LogP contribution in [0.2, 0.25) is 0 Å². The van der Waals surface area contributed by atoms with Crippen molar-refractivity contribution >= 4 is 11.8 Å². The molecule has 5 nitrogen and oxygen atoms in total. The maximum Gasteiger partial charge on any atom is 0.270 e. The van der Waals surface area contributed by atoms with Crippen LogP contribution in [0.5, 0.6) is 0 Å². The highest BCUT2D eigenvalue weighted by atomic mass is 16.2. The van der Waals surface area contributed by atoms with Gasteiger partial charge < -0.3 is 14.8 Å². The quantitative estimate of drug-likeness (QED) is 0.924. The summed E-state index contributed by atoms with van der Waals surface area (Å²) >= 11 is 0. The Morgan fingerprint density at radius 2 is 1.92 bits per heavy atom. The Labute approximate surface area is 154 Å². The van der Waals surface area contributed by atoms with Crippen LogP contribution in [0.4, 0.5) is 0 Å². The molecule has 0 bridgehead atoms. The highest BCUT2D eigenvalue weighted by molar-refractivity contribution is 5.92. The van der Waals surface area contributed by atoms with Gasteiger partial charge in [0.1, 0.15) is 5.69 Å². The lowest BCUT2D eigenvalue weighted by Crippen LogP contribution is -2.54. The van der Waals surface area contributed by atoms with Crippen LogP contribution in [-0.2, 0) is 11.3 Å². The Morgan fingerprint density at radius 1 is 1.08 bits per heavy atom. The predicted molar refractivity (Wildman–Crippen MR) is 99.5 cm³/mol. The highest BCUT2D eigenvalue weighted by Gasteiger charge is 2.42. The zero-order valence-electron chi connectivity index (χ0n) is 15.0. The Morgan fingerprint density at radius 3 is 2.69 bits per heavy atom. The van der Waals surface area contributed by atoms with Crippen molar-refractivity contribution in [2.45, 2.75) is 32.2 Å². The number of benzene rings is 1. The van der Waals surface area contributed by atoms with Crippen molar-refractivity contribution < 1.29 is 9.59 Å². The molecule has 1 atom stereocenters. The van der Waals surface area contributed by atoms with Crippen LogP contribution in [0.3, 0.4) is 0 Å². The van der Waals surface area contributed by atoms with E-state index in [9.17, 15) is 9.59 Å². The molecule has 5 heteroatoms. The molecule has 1 spiro atoms. The molecule has 0 saturated carbocycles. The van der Waals surface area contributed by atoms with Crippen molar-refractivity contribution in [2.24, 2.45) is 5.41 Å². The summed E-state index contributed by atoms with van der Waals surface area (Å²) in [6.07, 6.45) is 5.33. The van der Waals surface area contributed by atoms with Gasteiger partial charge in [0.05, 0.1) is 0 Å². The maximum absolute atomic E-state index is 12.7. The van der Waals surface area contributed by atoms with E-state index in [2.05, 4.69) is 17.1 Å². The van der Waals surface area contributed by atoms with Gasteiger partial charge in [-0.05, 0) is 37.0 Å². The van der Waals surface area contributed by atoms with E-state index in [4.69, 9.17) is 0 Å². The number of hydrogen-bond acceptors (Lipinski definition) is 2. The van der Waals surface area contributed by atoms with Crippen LogP contribution in [-0.4, -0.2) is 46.2 Å². The third-order valence-corrected chi connectivity index (χ3v) is 5.74. The largest absolute Gasteiger partial charge is 0.357 e. The summed E-state index contributed by atoms with van der Waals surface area (Å²) in [4.78, 5) is 32.2. The average molecular weight is 351 g/mol. The second-order valence-corrected chi connectivity index (χ2v) is 7.65. The highest BCUT2D eigenvalue weighted by Crippen LogP contribution is 2.39. The van der Waals surface area contributed by atoms with Crippen LogP contribution in [0.25, 0.3) is 0 Å². The number of hydrogen-bond donors (Lipinski definition) is 1. The van der Waals surface area contributed by atoms with E-state index in [1.165, 1.54) is 0 Å². The number of rotatable bonds is 3. The first kappa shape index (κ1) is 16.9. The third kappa shape index (κ3) is 3.39. The lowest BCUT2D eigenvalue weighted by molar-refractivity contribution is -0.139. The monoisotopic (exact) mass is 351 g/mol. The first-order chi connectivity index (χ1) is 12.7. The minimum atomic E-state index is 0.0309. The van der Waals surface area contributed by atoms with Gasteiger partial charge in [0.25, 0.3) is 5.91 Å². The van der Waals surface area contributed by atoms with E-state index >= 15 is 0 Å². The van der Waals surface area contributed by atoms with Crippen molar-refractivity contribution in [3.05, 3.63) is 59.9 Å². The maximum atomic E-state index is 12.7. The molecule has 2 fully saturated rings. The third-order valence-electron chi connectivity index (χ3n) is 5.74. The molecule has 0 radical (unpaired) electrons. The molecule has 2 aliphatic heterocycles. The molecule has 136 valence electrons. The molecule has 0 unspecified atom stereocenters. The SMILES string of the molecule is O=C1CC[C@]2(CCCN(C(=O)c3ccc[nH]3)C2)CN1Cc1ccccc1. The van der Waals surface area contributed by atoms with Crippen molar-refractivity contribution in [1.29, 1.82) is 0 Å². The van der Waals surface area contributed by atoms with Crippen molar-refractivity contribution in [3.63, 3.8) is 0 Å². The first-order valence-corrected chi connectivity index (χ1v) is 9.40. The minimum Gasteiger partial charge on any atom is -0.357 e. The summed E-state index contributed by atoms with van der Waals surface area (Å²) in [5.74, 6) is 0.299. The van der Waals surface area contributed by atoms with Crippen LogP contribution in [0.1, 0.15) is 41.7 Å². The Kier molecular flexibility index (Phi) is 4.53. The predicted octanol–water partition coefficient (Wildman–Crippen LogP) is 3.06. The number of carbonyl (C=O) groups is 2. The van der Waals surface area contributed by atoms with E-state index in [1.807, 2.05) is 40.1 Å². The zero-order chi connectivity index (χ0) is 18.0. The normalized spacial score (nSPS) is 23.5. The van der Waals surface area contributed by atoms with Gasteiger partial charge in [-0.3, -0.25) is 9.59 Å². The van der Waals surface area contributed by atoms with Gasteiger partial charge in [-0.15, -0.1) is 0 Å². The van der Waals surface area contributed by atoms with Gasteiger partial charge in [-0.2, -0.15) is 0 Å². The fraction of sp³-hybridized carbons (Fsp3) is 0.429. The Bertz CT molecular complexity index is 772. The van der Waals surface area contributed by atoms with Crippen molar-refractivity contribution in [2.75, 3.05) is 19.6 Å². The summed E-state index contributed by atoms with van der Waals surface area (Å²) in [6.45, 7) is 2.94. The number of nitrogens with zero attached hydrogens (tertiary/aromatic N) is 2. The molecular weight excluding hydrogens is 326 g/mol. The van der Waals surface area contributed by atoms with Gasteiger partial charge in [0.2, 0.25) is 5.91 Å². The topological polar surface area (TPSA) is 56.4 Å². The zero-order valence-corrected chi connectivity index (χ0v) is 15.0. The number of carbonyl (C=O) groups excluding carboxylic acids is 2. The number of H-pyrrole nitrogens is 1. The molecule has 2 aliphatic rings. The number of piperidine rings is 2. The molecule has 4 rings (SSSR count). The molecule has 1 aromatic heterocycles. The fourth-order valence-corrected chi connectivity index (χ4v) is 4.40. The number of likely N-dealkylation sites (tertiary alicyclic amines) is 2. The van der Waals surface area contributed by atoms with Crippen LogP contribution < -0.4 is 0 Å². The molecule has 1 N–H and O–H groups in total. The lowest BCUT2D eigenvalue weighted by Gasteiger charge is -2.48. The lowest BCUT2D eigenvalue weighted by atomic mass is 9.73. The molecule has 2 aromatic rings. The summed E-state index contributed by atoms with van der Waals surface area (Å²) in [6, 6.07) is 13.8. The minimum absolute atomic E-state index is 0.0309. The average Bonchev–Trinajstić information content (AvgIpc) is 3.20. The summed E-state index contributed by atoms with van der Waals surface area (Å²) < 4.78 is 0. The molecule has 3 heterocycles.